The number of nitrogens with zero attached hydrogens (tertiary/aromatic N) is 1. The van der Waals surface area contributed by atoms with Crippen LogP contribution in [0.15, 0.2) is 18.5 Å². The lowest BCUT2D eigenvalue weighted by Crippen LogP contribution is -2.46. The van der Waals surface area contributed by atoms with Crippen LogP contribution in [0, 0.1) is 5.41 Å². The Morgan fingerprint density at radius 2 is 2.18 bits per heavy atom. The van der Waals surface area contributed by atoms with E-state index in [4.69, 9.17) is 11.6 Å². The van der Waals surface area contributed by atoms with Crippen LogP contribution >= 0.6 is 11.6 Å². The van der Waals surface area contributed by atoms with Crippen molar-refractivity contribution in [3.63, 3.8) is 0 Å². The van der Waals surface area contributed by atoms with Crippen LogP contribution in [0.1, 0.15) is 25.7 Å². The molecule has 0 bridgehead atoms. The summed E-state index contributed by atoms with van der Waals surface area (Å²) in [5, 5.41) is 6.21. The lowest BCUT2D eigenvalue weighted by atomic mass is 9.77. The van der Waals surface area contributed by atoms with Gasteiger partial charge in [-0.05, 0) is 37.2 Å². The first-order chi connectivity index (χ1) is 8.15. The normalized spacial score (nSPS) is 20.8. The molecule has 17 heavy (non-hydrogen) atoms. The van der Waals surface area contributed by atoms with Gasteiger partial charge in [0, 0.05) is 12.2 Å². The lowest BCUT2D eigenvalue weighted by Gasteiger charge is -2.36. The highest BCUT2D eigenvalue weighted by molar-refractivity contribution is 6.30. The summed E-state index contributed by atoms with van der Waals surface area (Å²) in [6.45, 7) is 0. The topological polar surface area (TPSA) is 54.0 Å². The number of carbonyl (C=O) groups excluding carboxylic acids is 1. The predicted molar refractivity (Wildman–Crippen MR) is 66.1 cm³/mol. The van der Waals surface area contributed by atoms with Crippen molar-refractivity contribution in [2.24, 2.45) is 5.41 Å². The highest BCUT2D eigenvalue weighted by Crippen LogP contribution is 2.60. The number of halogens is 1. The molecule has 2 N–H and O–H groups in total. The summed E-state index contributed by atoms with van der Waals surface area (Å²) < 4.78 is 0. The number of carbonyl (C=O) groups is 1. The number of rotatable bonds is 2. The van der Waals surface area contributed by atoms with Crippen molar-refractivity contribution in [2.75, 3.05) is 5.32 Å². The van der Waals surface area contributed by atoms with Crippen LogP contribution in [0.2, 0.25) is 5.02 Å². The molecule has 2 aliphatic rings. The summed E-state index contributed by atoms with van der Waals surface area (Å²) in [5.41, 5.74) is 1.23. The first kappa shape index (κ1) is 10.8. The van der Waals surface area contributed by atoms with Gasteiger partial charge in [0.2, 0.25) is 0 Å². The molecule has 1 aromatic heterocycles. The summed E-state index contributed by atoms with van der Waals surface area (Å²) in [5.74, 6) is 0. The highest BCUT2D eigenvalue weighted by Gasteiger charge is 2.53. The minimum absolute atomic E-state index is 0.172. The maximum absolute atomic E-state index is 11.7. The second kappa shape index (κ2) is 3.88. The molecule has 2 amide bonds. The molecule has 1 aromatic rings. The number of anilines is 1. The van der Waals surface area contributed by atoms with Gasteiger partial charge in [-0.1, -0.05) is 11.6 Å². The number of nitrogens with one attached hydrogen (secondary N) is 2. The van der Waals surface area contributed by atoms with Crippen molar-refractivity contribution in [3.05, 3.63) is 23.5 Å². The first-order valence-corrected chi connectivity index (χ1v) is 6.21. The van der Waals surface area contributed by atoms with E-state index in [9.17, 15) is 4.79 Å². The molecule has 0 aliphatic heterocycles. The molecule has 0 aromatic carbocycles. The zero-order chi connectivity index (χ0) is 11.9. The Morgan fingerprint density at radius 1 is 1.41 bits per heavy atom. The third-order valence-electron chi connectivity index (χ3n) is 3.61. The van der Waals surface area contributed by atoms with E-state index in [1.54, 1.807) is 12.3 Å². The van der Waals surface area contributed by atoms with E-state index < -0.39 is 0 Å². The van der Waals surface area contributed by atoms with Gasteiger partial charge in [0.25, 0.3) is 0 Å². The van der Waals surface area contributed by atoms with E-state index in [1.807, 2.05) is 0 Å². The van der Waals surface area contributed by atoms with Crippen LogP contribution in [0.4, 0.5) is 10.5 Å². The number of amides is 2. The zero-order valence-electron chi connectivity index (χ0n) is 9.37. The molecule has 5 heteroatoms. The van der Waals surface area contributed by atoms with Crippen LogP contribution in [0.25, 0.3) is 0 Å². The van der Waals surface area contributed by atoms with Crippen LogP contribution < -0.4 is 10.6 Å². The maximum atomic E-state index is 11.7. The molecule has 3 rings (SSSR count). The van der Waals surface area contributed by atoms with Crippen molar-refractivity contribution in [3.8, 4) is 0 Å². The molecule has 2 aliphatic carbocycles. The lowest BCUT2D eigenvalue weighted by molar-refractivity contribution is 0.195. The fraction of sp³-hybridized carbons (Fsp3) is 0.500. The number of urea groups is 1. The Balaban J connectivity index is 1.50. The van der Waals surface area contributed by atoms with E-state index in [0.29, 0.717) is 22.2 Å². The molecule has 0 unspecified atom stereocenters. The highest BCUT2D eigenvalue weighted by atomic mass is 35.5. The van der Waals surface area contributed by atoms with Crippen LogP contribution in [0.3, 0.4) is 0 Å². The van der Waals surface area contributed by atoms with Gasteiger partial charge >= 0.3 is 6.03 Å². The number of hydrogen-bond acceptors (Lipinski definition) is 2. The average molecular weight is 252 g/mol. The molecule has 1 spiro atoms. The number of aromatic nitrogens is 1. The Morgan fingerprint density at radius 3 is 2.82 bits per heavy atom. The second-order valence-electron chi connectivity index (χ2n) is 5.10. The molecule has 0 saturated heterocycles. The molecule has 4 nitrogen and oxygen atoms in total. The predicted octanol–water partition coefficient (Wildman–Crippen LogP) is 2.80. The number of pyridine rings is 1. The third-order valence-corrected chi connectivity index (χ3v) is 3.82. The van der Waals surface area contributed by atoms with Crippen molar-refractivity contribution in [2.45, 2.75) is 31.7 Å². The van der Waals surface area contributed by atoms with Gasteiger partial charge in [0.15, 0.2) is 0 Å². The molecule has 90 valence electrons. The Hall–Kier alpha value is -1.29. The smallest absolute Gasteiger partial charge is 0.319 e. The Bertz CT molecular complexity index is 451. The molecule has 2 saturated carbocycles. The molecular weight excluding hydrogens is 238 g/mol. The Kier molecular flexibility index (Phi) is 2.47. The quantitative estimate of drug-likeness (QED) is 0.849. The van der Waals surface area contributed by atoms with Crippen LogP contribution in [0.5, 0.6) is 0 Å². The van der Waals surface area contributed by atoms with Gasteiger partial charge in [0.1, 0.15) is 0 Å². The third kappa shape index (κ3) is 2.36. The van der Waals surface area contributed by atoms with Gasteiger partial charge in [-0.25, -0.2) is 4.79 Å². The summed E-state index contributed by atoms with van der Waals surface area (Å²) in [6, 6.07) is 1.84. The maximum Gasteiger partial charge on any atom is 0.319 e. The Labute approximate surface area is 105 Å². The van der Waals surface area contributed by atoms with Gasteiger partial charge in [-0.2, -0.15) is 0 Å². The second-order valence-corrected chi connectivity index (χ2v) is 5.53. The van der Waals surface area contributed by atoms with Gasteiger partial charge < -0.3 is 10.6 Å². The minimum atomic E-state index is -0.172. The van der Waals surface area contributed by atoms with Crippen LogP contribution in [-0.4, -0.2) is 17.1 Å². The van der Waals surface area contributed by atoms with Crippen molar-refractivity contribution >= 4 is 23.3 Å². The fourth-order valence-electron chi connectivity index (χ4n) is 2.51. The van der Waals surface area contributed by atoms with Crippen molar-refractivity contribution in [1.82, 2.24) is 10.3 Å². The van der Waals surface area contributed by atoms with Crippen molar-refractivity contribution < 1.29 is 4.79 Å². The molecule has 0 atom stereocenters. The molecule has 1 heterocycles. The summed E-state index contributed by atoms with van der Waals surface area (Å²) >= 11 is 5.78. The number of hydrogen-bond donors (Lipinski definition) is 2. The largest absolute Gasteiger partial charge is 0.335 e. The SMILES string of the molecule is O=C(Nc1cncc(Cl)c1)NC1CC2(CC2)C1. The zero-order valence-corrected chi connectivity index (χ0v) is 10.1. The first-order valence-electron chi connectivity index (χ1n) is 5.83. The van der Waals surface area contributed by atoms with Gasteiger partial charge in [-0.15, -0.1) is 0 Å². The minimum Gasteiger partial charge on any atom is -0.335 e. The fourth-order valence-corrected chi connectivity index (χ4v) is 2.68. The van der Waals surface area contributed by atoms with Crippen LogP contribution in [-0.2, 0) is 0 Å². The van der Waals surface area contributed by atoms with Crippen molar-refractivity contribution in [1.29, 1.82) is 0 Å². The molecule has 2 fully saturated rings. The van der Waals surface area contributed by atoms with Gasteiger partial charge in [0.05, 0.1) is 16.9 Å². The van der Waals surface area contributed by atoms with E-state index in [2.05, 4.69) is 15.6 Å². The van der Waals surface area contributed by atoms with Gasteiger partial charge in [-0.3, -0.25) is 4.98 Å². The summed E-state index contributed by atoms with van der Waals surface area (Å²) in [6.07, 6.45) is 8.06. The summed E-state index contributed by atoms with van der Waals surface area (Å²) in [7, 11) is 0. The van der Waals surface area contributed by atoms with E-state index in [0.717, 1.165) is 12.8 Å². The molecule has 0 radical (unpaired) electrons. The van der Waals surface area contributed by atoms with E-state index in [1.165, 1.54) is 19.0 Å². The molecular formula is C12H14ClN3O. The standard InChI is InChI=1S/C12H14ClN3O/c13-8-3-9(7-14-6-8)15-11(17)16-10-4-12(5-10)1-2-12/h3,6-7,10H,1-2,4-5H2,(H2,15,16,17). The van der Waals surface area contributed by atoms with E-state index >= 15 is 0 Å². The van der Waals surface area contributed by atoms with E-state index in [-0.39, 0.29) is 6.03 Å². The monoisotopic (exact) mass is 251 g/mol. The average Bonchev–Trinajstić information content (AvgIpc) is 2.97. The summed E-state index contributed by atoms with van der Waals surface area (Å²) in [4.78, 5) is 15.6.